The third-order valence-corrected chi connectivity index (χ3v) is 2.88. The van der Waals surface area contributed by atoms with E-state index >= 15 is 0 Å². The molecule has 0 spiro atoms. The first-order chi connectivity index (χ1) is 7.33. The second-order valence-electron chi connectivity index (χ2n) is 4.06. The molecule has 0 saturated carbocycles. The number of rotatable bonds is 4. The molecule has 0 unspecified atom stereocenters. The van der Waals surface area contributed by atoms with Crippen LogP contribution >= 0.6 is 0 Å². The molecule has 1 aromatic rings. The average molecular weight is 209 g/mol. The van der Waals surface area contributed by atoms with Crippen LogP contribution in [0.5, 0.6) is 0 Å². The van der Waals surface area contributed by atoms with Crippen molar-refractivity contribution in [2.24, 2.45) is 5.92 Å². The summed E-state index contributed by atoms with van der Waals surface area (Å²) in [5.74, 6) is 2.70. The maximum absolute atomic E-state index is 5.37. The third kappa shape index (κ3) is 2.37. The highest BCUT2D eigenvalue weighted by atomic mass is 16.5. The molecule has 1 aliphatic rings. The van der Waals surface area contributed by atoms with Gasteiger partial charge >= 0.3 is 0 Å². The van der Waals surface area contributed by atoms with E-state index in [1.54, 1.807) is 0 Å². The van der Waals surface area contributed by atoms with Crippen LogP contribution in [0, 0.1) is 5.92 Å². The molecule has 0 N–H and O–H groups in total. The number of aryl methyl sites for hydroxylation is 2. The number of nitrogens with zero attached hydrogens (tertiary/aromatic N) is 3. The highest BCUT2D eigenvalue weighted by molar-refractivity contribution is 4.93. The normalized spacial score (nSPS) is 21.1. The molecule has 1 saturated heterocycles. The summed E-state index contributed by atoms with van der Waals surface area (Å²) >= 11 is 0. The van der Waals surface area contributed by atoms with E-state index in [1.165, 1.54) is 0 Å². The Kier molecular flexibility index (Phi) is 3.36. The average Bonchev–Trinajstić information content (AvgIpc) is 2.87. The minimum absolute atomic E-state index is 0.627. The van der Waals surface area contributed by atoms with Crippen molar-refractivity contribution >= 4 is 0 Å². The van der Waals surface area contributed by atoms with Gasteiger partial charge in [-0.2, -0.15) is 5.10 Å². The van der Waals surface area contributed by atoms with Gasteiger partial charge < -0.3 is 4.74 Å². The van der Waals surface area contributed by atoms with Crippen LogP contribution < -0.4 is 0 Å². The van der Waals surface area contributed by atoms with Crippen molar-refractivity contribution in [2.45, 2.75) is 39.7 Å². The molecule has 0 amide bonds. The van der Waals surface area contributed by atoms with Gasteiger partial charge in [-0.15, -0.1) is 0 Å². The van der Waals surface area contributed by atoms with Crippen LogP contribution in [0.4, 0.5) is 0 Å². The predicted molar refractivity (Wildman–Crippen MR) is 57.7 cm³/mol. The summed E-state index contributed by atoms with van der Waals surface area (Å²) in [5.41, 5.74) is 0. The molecule has 1 fully saturated rings. The van der Waals surface area contributed by atoms with Gasteiger partial charge in [-0.3, -0.25) is 0 Å². The fourth-order valence-electron chi connectivity index (χ4n) is 1.96. The molecule has 0 bridgehead atoms. The van der Waals surface area contributed by atoms with Crippen LogP contribution in [0.2, 0.25) is 0 Å². The lowest BCUT2D eigenvalue weighted by molar-refractivity contribution is 0.181. The van der Waals surface area contributed by atoms with E-state index in [9.17, 15) is 0 Å². The lowest BCUT2D eigenvalue weighted by Gasteiger charge is -2.08. The quantitative estimate of drug-likeness (QED) is 0.753. The predicted octanol–water partition coefficient (Wildman–Crippen LogP) is 1.44. The van der Waals surface area contributed by atoms with E-state index in [-0.39, 0.29) is 0 Å². The summed E-state index contributed by atoms with van der Waals surface area (Å²) in [4.78, 5) is 4.50. The first-order valence-corrected chi connectivity index (χ1v) is 5.83. The molecule has 84 valence electrons. The molecule has 0 aromatic carbocycles. The molecule has 0 aliphatic carbocycles. The van der Waals surface area contributed by atoms with Crippen LogP contribution in [-0.4, -0.2) is 28.0 Å². The Morgan fingerprint density at radius 1 is 1.40 bits per heavy atom. The van der Waals surface area contributed by atoms with Crippen molar-refractivity contribution in [1.29, 1.82) is 0 Å². The Morgan fingerprint density at radius 2 is 2.27 bits per heavy atom. The van der Waals surface area contributed by atoms with E-state index in [0.29, 0.717) is 5.92 Å². The van der Waals surface area contributed by atoms with Crippen LogP contribution in [0.25, 0.3) is 0 Å². The summed E-state index contributed by atoms with van der Waals surface area (Å²) in [6.07, 6.45) is 3.03. The van der Waals surface area contributed by atoms with Crippen molar-refractivity contribution in [3.05, 3.63) is 11.6 Å². The summed E-state index contributed by atoms with van der Waals surface area (Å²) < 4.78 is 7.44. The van der Waals surface area contributed by atoms with Gasteiger partial charge in [-0.1, -0.05) is 13.8 Å². The topological polar surface area (TPSA) is 39.9 Å². The Morgan fingerprint density at radius 3 is 2.87 bits per heavy atom. The molecule has 4 heteroatoms. The van der Waals surface area contributed by atoms with Crippen LogP contribution in [0.3, 0.4) is 0 Å². The Bertz CT molecular complexity index is 316. The van der Waals surface area contributed by atoms with Crippen molar-refractivity contribution in [1.82, 2.24) is 14.8 Å². The zero-order valence-corrected chi connectivity index (χ0v) is 9.57. The molecule has 15 heavy (non-hydrogen) atoms. The summed E-state index contributed by atoms with van der Waals surface area (Å²) in [6.45, 7) is 6.98. The van der Waals surface area contributed by atoms with E-state index in [1.807, 2.05) is 0 Å². The summed E-state index contributed by atoms with van der Waals surface area (Å²) in [7, 11) is 0. The van der Waals surface area contributed by atoms with Crippen molar-refractivity contribution < 1.29 is 4.74 Å². The third-order valence-electron chi connectivity index (χ3n) is 2.88. The van der Waals surface area contributed by atoms with Gasteiger partial charge in [0.15, 0.2) is 5.82 Å². The van der Waals surface area contributed by atoms with Gasteiger partial charge in [0.05, 0.1) is 6.61 Å². The molecule has 1 aliphatic heterocycles. The first kappa shape index (κ1) is 10.6. The Hall–Kier alpha value is -0.900. The minimum atomic E-state index is 0.627. The van der Waals surface area contributed by atoms with E-state index in [4.69, 9.17) is 4.74 Å². The summed E-state index contributed by atoms with van der Waals surface area (Å²) in [5, 5.41) is 4.51. The fraction of sp³-hybridized carbons (Fsp3) is 0.818. The second kappa shape index (κ2) is 4.75. The lowest BCUT2D eigenvalue weighted by atomic mass is 10.1. The number of hydrogen-bond donors (Lipinski definition) is 0. The number of aromatic nitrogens is 3. The maximum Gasteiger partial charge on any atom is 0.150 e. The van der Waals surface area contributed by atoms with E-state index in [0.717, 1.165) is 50.7 Å². The highest BCUT2D eigenvalue weighted by Crippen LogP contribution is 2.15. The first-order valence-electron chi connectivity index (χ1n) is 5.83. The SMILES string of the molecule is CCc1nc(CC)n(C[C@@H]2CCOC2)n1. The highest BCUT2D eigenvalue weighted by Gasteiger charge is 2.18. The Labute approximate surface area is 90.7 Å². The van der Waals surface area contributed by atoms with Crippen molar-refractivity contribution in [3.8, 4) is 0 Å². The number of hydrogen-bond acceptors (Lipinski definition) is 3. The zero-order valence-electron chi connectivity index (χ0n) is 9.57. The van der Waals surface area contributed by atoms with Gasteiger partial charge in [0, 0.05) is 31.9 Å². The van der Waals surface area contributed by atoms with Gasteiger partial charge in [0.25, 0.3) is 0 Å². The van der Waals surface area contributed by atoms with Crippen LogP contribution in [0.1, 0.15) is 31.9 Å². The fourth-order valence-corrected chi connectivity index (χ4v) is 1.96. The van der Waals surface area contributed by atoms with Crippen molar-refractivity contribution in [3.63, 3.8) is 0 Å². The monoisotopic (exact) mass is 209 g/mol. The zero-order chi connectivity index (χ0) is 10.7. The molecule has 2 rings (SSSR count). The minimum Gasteiger partial charge on any atom is -0.381 e. The van der Waals surface area contributed by atoms with E-state index in [2.05, 4.69) is 28.6 Å². The molecule has 4 nitrogen and oxygen atoms in total. The molecule has 0 radical (unpaired) electrons. The largest absolute Gasteiger partial charge is 0.381 e. The van der Waals surface area contributed by atoms with Crippen LogP contribution in [-0.2, 0) is 24.1 Å². The standard InChI is InChI=1S/C11H19N3O/c1-3-10-12-11(4-2)14(13-10)7-9-5-6-15-8-9/h9H,3-8H2,1-2H3/t9-/m0/s1. The molecule has 2 heterocycles. The van der Waals surface area contributed by atoms with Gasteiger partial charge in [0.1, 0.15) is 5.82 Å². The van der Waals surface area contributed by atoms with Gasteiger partial charge in [-0.05, 0) is 6.42 Å². The molecule has 1 aromatic heterocycles. The molecular formula is C11H19N3O. The molecular weight excluding hydrogens is 190 g/mol. The lowest BCUT2D eigenvalue weighted by Crippen LogP contribution is -2.14. The second-order valence-corrected chi connectivity index (χ2v) is 4.06. The molecule has 1 atom stereocenters. The van der Waals surface area contributed by atoms with Gasteiger partial charge in [0.2, 0.25) is 0 Å². The Balaban J connectivity index is 2.07. The number of ether oxygens (including phenoxy) is 1. The summed E-state index contributed by atoms with van der Waals surface area (Å²) in [6, 6.07) is 0. The smallest absolute Gasteiger partial charge is 0.150 e. The van der Waals surface area contributed by atoms with Gasteiger partial charge in [-0.25, -0.2) is 9.67 Å². The van der Waals surface area contributed by atoms with E-state index < -0.39 is 0 Å². The maximum atomic E-state index is 5.37. The van der Waals surface area contributed by atoms with Crippen molar-refractivity contribution in [2.75, 3.05) is 13.2 Å². The van der Waals surface area contributed by atoms with Crippen LogP contribution in [0.15, 0.2) is 0 Å².